The zero-order chi connectivity index (χ0) is 18.2. The molecule has 1 aliphatic carbocycles. The summed E-state index contributed by atoms with van der Waals surface area (Å²) >= 11 is 0. The van der Waals surface area contributed by atoms with Gasteiger partial charge in [0.25, 0.3) is 0 Å². The molecule has 0 saturated carbocycles. The molecular formula is C21H25N5O. The number of benzene rings is 1. The molecule has 6 nitrogen and oxygen atoms in total. The first-order valence-corrected chi connectivity index (χ1v) is 10.0. The summed E-state index contributed by atoms with van der Waals surface area (Å²) in [6.45, 7) is 2.23. The molecule has 3 aromatic rings. The van der Waals surface area contributed by atoms with E-state index in [2.05, 4.69) is 39.6 Å². The number of imidazole rings is 1. The average Bonchev–Trinajstić information content (AvgIpc) is 3.26. The van der Waals surface area contributed by atoms with Crippen molar-refractivity contribution >= 4 is 11.2 Å². The van der Waals surface area contributed by atoms with Crippen LogP contribution in [0.25, 0.3) is 11.2 Å². The minimum Gasteiger partial charge on any atom is -0.316 e. The summed E-state index contributed by atoms with van der Waals surface area (Å²) < 4.78 is 1.85. The smallest absolute Gasteiger partial charge is 0.316 e. The molecule has 6 heteroatoms. The molecule has 1 aromatic carbocycles. The molecule has 1 atom stereocenters. The van der Waals surface area contributed by atoms with Gasteiger partial charge in [-0.3, -0.25) is 4.57 Å². The molecule has 1 aliphatic heterocycles. The van der Waals surface area contributed by atoms with Gasteiger partial charge >= 0.3 is 5.69 Å². The molecule has 140 valence electrons. The number of aromatic amines is 1. The molecule has 0 spiro atoms. The van der Waals surface area contributed by atoms with E-state index in [0.29, 0.717) is 5.92 Å². The van der Waals surface area contributed by atoms with Crippen LogP contribution in [0.4, 0.5) is 0 Å². The van der Waals surface area contributed by atoms with E-state index in [1.807, 2.05) is 4.57 Å². The van der Waals surface area contributed by atoms with Crippen LogP contribution in [0.2, 0.25) is 0 Å². The van der Waals surface area contributed by atoms with Crippen molar-refractivity contribution in [1.82, 2.24) is 24.8 Å². The third-order valence-corrected chi connectivity index (χ3v) is 6.08. The van der Waals surface area contributed by atoms with Gasteiger partial charge in [-0.2, -0.15) is 0 Å². The fourth-order valence-corrected chi connectivity index (χ4v) is 4.63. The molecule has 1 saturated heterocycles. The number of nitrogens with zero attached hydrogens (tertiary/aromatic N) is 3. The first-order chi connectivity index (χ1) is 13.3. The molecule has 3 heterocycles. The van der Waals surface area contributed by atoms with E-state index in [9.17, 15) is 4.79 Å². The minimum atomic E-state index is -0.0780. The number of nitrogens with one attached hydrogen (secondary N) is 2. The summed E-state index contributed by atoms with van der Waals surface area (Å²) in [6, 6.07) is 8.59. The molecule has 0 radical (unpaired) electrons. The Labute approximate surface area is 158 Å². The zero-order valence-corrected chi connectivity index (χ0v) is 15.4. The topological polar surface area (TPSA) is 75.6 Å². The second kappa shape index (κ2) is 6.93. The van der Waals surface area contributed by atoms with Crippen molar-refractivity contribution in [3.63, 3.8) is 0 Å². The number of rotatable bonds is 4. The van der Waals surface area contributed by atoms with Crippen LogP contribution in [0.15, 0.2) is 35.3 Å². The van der Waals surface area contributed by atoms with Crippen LogP contribution in [0.3, 0.4) is 0 Å². The molecule has 0 amide bonds. The van der Waals surface area contributed by atoms with Crippen molar-refractivity contribution in [1.29, 1.82) is 0 Å². The summed E-state index contributed by atoms with van der Waals surface area (Å²) in [5.74, 6) is 1.55. The lowest BCUT2D eigenvalue weighted by atomic mass is 9.94. The number of aryl methyl sites for hydroxylation is 1. The van der Waals surface area contributed by atoms with E-state index in [-0.39, 0.29) is 11.7 Å². The SMILES string of the molecule is O=c1[nH]c2cnc(CC[C@@H]3CCCNC3)nc2n1C1Cc2ccccc2C1. The lowest BCUT2D eigenvalue weighted by Crippen LogP contribution is -2.30. The van der Waals surface area contributed by atoms with Crippen LogP contribution in [-0.2, 0) is 19.3 Å². The Hall–Kier alpha value is -2.47. The highest BCUT2D eigenvalue weighted by Crippen LogP contribution is 2.30. The summed E-state index contributed by atoms with van der Waals surface area (Å²) in [6.07, 6.45) is 8.05. The summed E-state index contributed by atoms with van der Waals surface area (Å²) in [7, 11) is 0. The Morgan fingerprint density at radius 3 is 2.74 bits per heavy atom. The van der Waals surface area contributed by atoms with Gasteiger partial charge in [0.1, 0.15) is 11.3 Å². The molecule has 27 heavy (non-hydrogen) atoms. The predicted octanol–water partition coefficient (Wildman–Crippen LogP) is 2.39. The standard InChI is InChI=1S/C21H25N5O/c27-21-24-18-13-23-19(8-7-14-4-3-9-22-12-14)25-20(18)26(21)17-10-15-5-1-2-6-16(15)11-17/h1-2,5-6,13-14,17,22H,3-4,7-12H2,(H,24,27)/t14-/m0/s1. The van der Waals surface area contributed by atoms with Crippen LogP contribution in [-0.4, -0.2) is 32.6 Å². The van der Waals surface area contributed by atoms with Crippen LogP contribution >= 0.6 is 0 Å². The fourth-order valence-electron chi connectivity index (χ4n) is 4.63. The Balaban J connectivity index is 1.41. The van der Waals surface area contributed by atoms with Gasteiger partial charge in [0.05, 0.1) is 6.20 Å². The molecule has 2 aliphatic rings. The van der Waals surface area contributed by atoms with Crippen LogP contribution in [0.1, 0.15) is 42.3 Å². The molecule has 0 unspecified atom stereocenters. The number of piperidine rings is 1. The van der Waals surface area contributed by atoms with E-state index in [0.717, 1.165) is 55.8 Å². The lowest BCUT2D eigenvalue weighted by Gasteiger charge is -2.22. The molecule has 0 bridgehead atoms. The molecule has 2 aromatic heterocycles. The van der Waals surface area contributed by atoms with Crippen molar-refractivity contribution in [2.45, 2.75) is 44.6 Å². The largest absolute Gasteiger partial charge is 0.327 e. The van der Waals surface area contributed by atoms with Crippen molar-refractivity contribution in [2.24, 2.45) is 5.92 Å². The number of hydrogen-bond acceptors (Lipinski definition) is 4. The van der Waals surface area contributed by atoms with Crippen molar-refractivity contribution in [3.8, 4) is 0 Å². The van der Waals surface area contributed by atoms with Gasteiger partial charge in [0.2, 0.25) is 0 Å². The van der Waals surface area contributed by atoms with Gasteiger partial charge in [0, 0.05) is 12.5 Å². The van der Waals surface area contributed by atoms with Crippen molar-refractivity contribution in [3.05, 3.63) is 57.9 Å². The average molecular weight is 363 g/mol. The summed E-state index contributed by atoms with van der Waals surface area (Å²) in [5, 5.41) is 3.47. The third-order valence-electron chi connectivity index (χ3n) is 6.08. The zero-order valence-electron chi connectivity index (χ0n) is 15.4. The predicted molar refractivity (Wildman–Crippen MR) is 105 cm³/mol. The number of hydrogen-bond donors (Lipinski definition) is 2. The highest BCUT2D eigenvalue weighted by molar-refractivity contribution is 5.69. The van der Waals surface area contributed by atoms with Crippen LogP contribution in [0.5, 0.6) is 0 Å². The summed E-state index contributed by atoms with van der Waals surface area (Å²) in [5.41, 5.74) is 4.08. The van der Waals surface area contributed by atoms with Gasteiger partial charge in [-0.1, -0.05) is 24.3 Å². The van der Waals surface area contributed by atoms with Gasteiger partial charge in [-0.05, 0) is 62.2 Å². The highest BCUT2D eigenvalue weighted by Gasteiger charge is 2.26. The first kappa shape index (κ1) is 16.7. The van der Waals surface area contributed by atoms with Crippen molar-refractivity contribution in [2.75, 3.05) is 13.1 Å². The van der Waals surface area contributed by atoms with E-state index >= 15 is 0 Å². The fraction of sp³-hybridized carbons (Fsp3) is 0.476. The molecular weight excluding hydrogens is 338 g/mol. The molecule has 1 fully saturated rings. The number of fused-ring (bicyclic) bond motifs is 2. The molecule has 5 rings (SSSR count). The van der Waals surface area contributed by atoms with Gasteiger partial charge in [-0.25, -0.2) is 14.8 Å². The Morgan fingerprint density at radius 2 is 2.00 bits per heavy atom. The van der Waals surface area contributed by atoms with Crippen LogP contribution < -0.4 is 11.0 Å². The van der Waals surface area contributed by atoms with Gasteiger partial charge in [-0.15, -0.1) is 0 Å². The first-order valence-electron chi connectivity index (χ1n) is 10.0. The second-order valence-corrected chi connectivity index (χ2v) is 7.91. The third kappa shape index (κ3) is 3.18. The Kier molecular flexibility index (Phi) is 4.28. The monoisotopic (exact) mass is 363 g/mol. The number of aromatic nitrogens is 4. The lowest BCUT2D eigenvalue weighted by molar-refractivity contribution is 0.356. The highest BCUT2D eigenvalue weighted by atomic mass is 16.1. The van der Waals surface area contributed by atoms with Crippen molar-refractivity contribution < 1.29 is 0 Å². The number of H-pyrrole nitrogens is 1. The van der Waals surface area contributed by atoms with E-state index < -0.39 is 0 Å². The van der Waals surface area contributed by atoms with Gasteiger partial charge < -0.3 is 10.3 Å². The maximum Gasteiger partial charge on any atom is 0.327 e. The van der Waals surface area contributed by atoms with E-state index in [1.165, 1.54) is 24.0 Å². The van der Waals surface area contributed by atoms with Gasteiger partial charge in [0.15, 0.2) is 5.65 Å². The normalized spacial score (nSPS) is 20.2. The van der Waals surface area contributed by atoms with Crippen LogP contribution in [0, 0.1) is 5.92 Å². The quantitative estimate of drug-likeness (QED) is 0.746. The summed E-state index contributed by atoms with van der Waals surface area (Å²) in [4.78, 5) is 24.8. The Morgan fingerprint density at radius 1 is 1.19 bits per heavy atom. The van der Waals surface area contributed by atoms with E-state index in [4.69, 9.17) is 4.98 Å². The molecule has 2 N–H and O–H groups in total. The van der Waals surface area contributed by atoms with E-state index in [1.54, 1.807) is 6.20 Å². The maximum atomic E-state index is 12.6. The minimum absolute atomic E-state index is 0.0780. The Bertz CT molecular complexity index is 990. The maximum absolute atomic E-state index is 12.6. The second-order valence-electron chi connectivity index (χ2n) is 7.91.